The quantitative estimate of drug-likeness (QED) is 0.822. The fraction of sp³-hybridized carbons (Fsp3) is 0.650. The molecule has 6 nitrogen and oxygen atoms in total. The Kier molecular flexibility index (Phi) is 5.40. The first-order valence-electron chi connectivity index (χ1n) is 9.19. The Labute approximate surface area is 155 Å². The van der Waals surface area contributed by atoms with Gasteiger partial charge in [-0.2, -0.15) is 0 Å². The Hall–Kier alpha value is -1.47. The predicted molar refractivity (Wildman–Crippen MR) is 99.7 cm³/mol. The zero-order chi connectivity index (χ0) is 18.9. The van der Waals surface area contributed by atoms with Gasteiger partial charge in [-0.3, -0.25) is 4.90 Å². The molecule has 2 aromatic rings. The van der Waals surface area contributed by atoms with E-state index in [4.69, 9.17) is 18.9 Å². The summed E-state index contributed by atoms with van der Waals surface area (Å²) in [5.41, 5.74) is 2.25. The third-order valence-corrected chi connectivity index (χ3v) is 4.95. The first-order chi connectivity index (χ1) is 12.2. The van der Waals surface area contributed by atoms with E-state index >= 15 is 0 Å². The van der Waals surface area contributed by atoms with Crippen molar-refractivity contribution >= 4 is 11.1 Å². The van der Waals surface area contributed by atoms with Crippen LogP contribution in [0.25, 0.3) is 11.1 Å². The van der Waals surface area contributed by atoms with E-state index in [1.165, 1.54) is 0 Å². The molecule has 0 saturated carbocycles. The molecule has 0 spiro atoms. The lowest BCUT2D eigenvalue weighted by atomic mass is 9.80. The number of ether oxygens (including phenoxy) is 2. The fourth-order valence-corrected chi connectivity index (χ4v) is 3.33. The van der Waals surface area contributed by atoms with E-state index in [-0.39, 0.29) is 11.0 Å². The minimum atomic E-state index is -0.875. The Balaban J connectivity index is 1.71. The minimum absolute atomic E-state index is 0.140. The van der Waals surface area contributed by atoms with Crippen LogP contribution in [0.5, 0.6) is 0 Å². The molecule has 3 rings (SSSR count). The van der Waals surface area contributed by atoms with Crippen molar-refractivity contribution in [3.8, 4) is 0 Å². The average molecular weight is 362 g/mol. The largest absolute Gasteiger partial charge is 0.440 e. The van der Waals surface area contributed by atoms with Crippen LogP contribution in [-0.4, -0.2) is 47.2 Å². The SMILES string of the molecule is COCc1ccc2oc(C3(C)CCN(C(O)OC(C)(C)C)CC3)nc2c1. The number of hydrogen-bond acceptors (Lipinski definition) is 6. The molecule has 144 valence electrons. The second kappa shape index (κ2) is 7.27. The maximum Gasteiger partial charge on any atom is 0.216 e. The number of benzene rings is 1. The smallest absolute Gasteiger partial charge is 0.216 e. The molecule has 6 heteroatoms. The van der Waals surface area contributed by atoms with Gasteiger partial charge in [-0.25, -0.2) is 4.98 Å². The zero-order valence-electron chi connectivity index (χ0n) is 16.4. The molecule has 1 aromatic carbocycles. The Morgan fingerprint density at radius 3 is 2.62 bits per heavy atom. The van der Waals surface area contributed by atoms with Crippen LogP contribution < -0.4 is 0 Å². The van der Waals surface area contributed by atoms with Crippen LogP contribution >= 0.6 is 0 Å². The van der Waals surface area contributed by atoms with E-state index in [2.05, 4.69) is 6.92 Å². The fourth-order valence-electron chi connectivity index (χ4n) is 3.33. The number of fused-ring (bicyclic) bond motifs is 1. The molecule has 1 aliphatic rings. The standard InChI is InChI=1S/C20H30N2O4/c1-19(2,3)26-18(23)22-10-8-20(4,9-11-22)17-21-15-12-14(13-24-5)6-7-16(15)25-17/h6-7,12,18,23H,8-11,13H2,1-5H3. The highest BCUT2D eigenvalue weighted by Gasteiger charge is 2.38. The number of oxazole rings is 1. The van der Waals surface area contributed by atoms with Crippen LogP contribution in [-0.2, 0) is 21.5 Å². The van der Waals surface area contributed by atoms with E-state index in [1.807, 2.05) is 43.9 Å². The van der Waals surface area contributed by atoms with E-state index in [0.717, 1.165) is 48.5 Å². The first-order valence-corrected chi connectivity index (χ1v) is 9.19. The number of nitrogens with zero attached hydrogens (tertiary/aromatic N) is 2. The highest BCUT2D eigenvalue weighted by molar-refractivity contribution is 5.73. The van der Waals surface area contributed by atoms with Crippen molar-refractivity contribution in [2.45, 2.75) is 64.6 Å². The van der Waals surface area contributed by atoms with Gasteiger partial charge >= 0.3 is 0 Å². The molecule has 1 N–H and O–H groups in total. The summed E-state index contributed by atoms with van der Waals surface area (Å²) in [6, 6.07) is 5.98. The first kappa shape index (κ1) is 19.3. The van der Waals surface area contributed by atoms with Gasteiger partial charge in [0.2, 0.25) is 12.3 Å². The lowest BCUT2D eigenvalue weighted by Crippen LogP contribution is -2.48. The van der Waals surface area contributed by atoms with E-state index in [0.29, 0.717) is 6.61 Å². The number of aliphatic hydroxyl groups is 1. The summed E-state index contributed by atoms with van der Waals surface area (Å²) < 4.78 is 16.9. The monoisotopic (exact) mass is 362 g/mol. The van der Waals surface area contributed by atoms with Crippen LogP contribution in [0.15, 0.2) is 22.6 Å². The second-order valence-electron chi connectivity index (χ2n) is 8.41. The van der Waals surface area contributed by atoms with Gasteiger partial charge in [-0.15, -0.1) is 0 Å². The number of aromatic nitrogens is 1. The van der Waals surface area contributed by atoms with Crippen molar-refractivity contribution in [2.75, 3.05) is 20.2 Å². The molecule has 26 heavy (non-hydrogen) atoms. The Bertz CT molecular complexity index is 742. The highest BCUT2D eigenvalue weighted by Crippen LogP contribution is 2.37. The van der Waals surface area contributed by atoms with Crippen molar-refractivity contribution in [2.24, 2.45) is 0 Å². The van der Waals surface area contributed by atoms with Gasteiger partial charge in [-0.1, -0.05) is 13.0 Å². The van der Waals surface area contributed by atoms with Crippen LogP contribution in [0.3, 0.4) is 0 Å². The van der Waals surface area contributed by atoms with Crippen molar-refractivity contribution in [3.63, 3.8) is 0 Å². The normalized spacial score (nSPS) is 19.8. The predicted octanol–water partition coefficient (Wildman–Crippen LogP) is 3.42. The highest BCUT2D eigenvalue weighted by atomic mass is 16.6. The number of aliphatic hydroxyl groups excluding tert-OH is 1. The summed E-state index contributed by atoms with van der Waals surface area (Å²) >= 11 is 0. The summed E-state index contributed by atoms with van der Waals surface area (Å²) in [6.07, 6.45) is 0.838. The number of likely N-dealkylation sites (tertiary alicyclic amines) is 1. The van der Waals surface area contributed by atoms with Gasteiger partial charge in [0.25, 0.3) is 0 Å². The van der Waals surface area contributed by atoms with Crippen LogP contribution in [0.4, 0.5) is 0 Å². The van der Waals surface area contributed by atoms with Crippen molar-refractivity contribution in [1.29, 1.82) is 0 Å². The molecule has 2 heterocycles. The number of rotatable bonds is 5. The van der Waals surface area contributed by atoms with E-state index in [1.54, 1.807) is 7.11 Å². The average Bonchev–Trinajstić information content (AvgIpc) is 2.98. The number of hydrogen-bond donors (Lipinski definition) is 1. The maximum atomic E-state index is 10.3. The zero-order valence-corrected chi connectivity index (χ0v) is 16.4. The molecule has 0 amide bonds. The topological polar surface area (TPSA) is 68.0 Å². The summed E-state index contributed by atoms with van der Waals surface area (Å²) in [7, 11) is 1.69. The lowest BCUT2D eigenvalue weighted by Gasteiger charge is -2.40. The van der Waals surface area contributed by atoms with Crippen molar-refractivity contribution in [1.82, 2.24) is 9.88 Å². The lowest BCUT2D eigenvalue weighted by molar-refractivity contribution is -0.244. The van der Waals surface area contributed by atoms with Gasteiger partial charge in [0, 0.05) is 25.6 Å². The van der Waals surface area contributed by atoms with Crippen molar-refractivity contribution in [3.05, 3.63) is 29.7 Å². The molecular formula is C20H30N2O4. The minimum Gasteiger partial charge on any atom is -0.440 e. The van der Waals surface area contributed by atoms with Crippen LogP contribution in [0, 0.1) is 0 Å². The molecule has 0 aliphatic carbocycles. The van der Waals surface area contributed by atoms with Gasteiger partial charge in [-0.05, 0) is 51.3 Å². The third-order valence-electron chi connectivity index (χ3n) is 4.95. The maximum absolute atomic E-state index is 10.3. The number of methoxy groups -OCH3 is 1. The molecule has 0 radical (unpaired) electrons. The second-order valence-corrected chi connectivity index (χ2v) is 8.41. The summed E-state index contributed by atoms with van der Waals surface area (Å²) in [5, 5.41) is 10.3. The molecule has 1 atom stereocenters. The van der Waals surface area contributed by atoms with Gasteiger partial charge in [0.1, 0.15) is 5.52 Å². The van der Waals surface area contributed by atoms with E-state index in [9.17, 15) is 5.11 Å². The molecule has 1 fully saturated rings. The molecular weight excluding hydrogens is 332 g/mol. The van der Waals surface area contributed by atoms with Crippen LogP contribution in [0.2, 0.25) is 0 Å². The summed E-state index contributed by atoms with van der Waals surface area (Å²) in [4.78, 5) is 6.71. The summed E-state index contributed by atoms with van der Waals surface area (Å²) in [5.74, 6) is 0.771. The Morgan fingerprint density at radius 1 is 1.31 bits per heavy atom. The summed E-state index contributed by atoms with van der Waals surface area (Å²) in [6.45, 7) is 10.1. The van der Waals surface area contributed by atoms with Gasteiger partial charge in [0.15, 0.2) is 5.58 Å². The van der Waals surface area contributed by atoms with Gasteiger partial charge in [0.05, 0.1) is 12.2 Å². The van der Waals surface area contributed by atoms with Gasteiger partial charge < -0.3 is 19.0 Å². The molecule has 1 unspecified atom stereocenters. The molecule has 1 aliphatic heterocycles. The number of piperidine rings is 1. The van der Waals surface area contributed by atoms with E-state index < -0.39 is 6.41 Å². The third kappa shape index (κ3) is 4.26. The molecule has 0 bridgehead atoms. The Morgan fingerprint density at radius 2 is 2.00 bits per heavy atom. The molecule has 1 saturated heterocycles. The van der Waals surface area contributed by atoms with Crippen molar-refractivity contribution < 1.29 is 19.0 Å². The molecule has 1 aromatic heterocycles. The van der Waals surface area contributed by atoms with Crippen LogP contribution in [0.1, 0.15) is 52.0 Å².